The number of nitrogens with one attached hydrogen (secondary N) is 2. The van der Waals surface area contributed by atoms with E-state index >= 15 is 0 Å². The lowest BCUT2D eigenvalue weighted by Gasteiger charge is -2.19. The smallest absolute Gasteiger partial charge is 0.249 e. The molecule has 0 spiro atoms. The molecule has 0 saturated heterocycles. The summed E-state index contributed by atoms with van der Waals surface area (Å²) in [5.74, 6) is 1.16. The molecule has 0 unspecified atom stereocenters. The Kier molecular flexibility index (Phi) is 4.93. The van der Waals surface area contributed by atoms with Crippen molar-refractivity contribution in [3.63, 3.8) is 0 Å². The van der Waals surface area contributed by atoms with Crippen molar-refractivity contribution in [3.05, 3.63) is 71.9 Å². The molecule has 3 rings (SSSR count). The molecule has 128 valence electrons. The van der Waals surface area contributed by atoms with Crippen molar-refractivity contribution in [2.45, 2.75) is 32.7 Å². The minimum absolute atomic E-state index is 0.137. The van der Waals surface area contributed by atoms with E-state index in [9.17, 15) is 0 Å². The summed E-state index contributed by atoms with van der Waals surface area (Å²) in [6.07, 6.45) is 1.62. The van der Waals surface area contributed by atoms with Gasteiger partial charge in [0, 0.05) is 12.2 Å². The number of hydrogen-bond acceptors (Lipinski definition) is 5. The second-order valence-electron chi connectivity index (χ2n) is 6.96. The van der Waals surface area contributed by atoms with E-state index in [0.29, 0.717) is 18.3 Å². The zero-order chi connectivity index (χ0) is 17.7. The zero-order valence-electron chi connectivity index (χ0n) is 14.8. The van der Waals surface area contributed by atoms with Gasteiger partial charge in [0.1, 0.15) is 0 Å². The van der Waals surface area contributed by atoms with Gasteiger partial charge >= 0.3 is 0 Å². The van der Waals surface area contributed by atoms with Crippen LogP contribution in [0, 0.1) is 0 Å². The Bertz CT molecular complexity index is 807. The Labute approximate surface area is 148 Å². The Balaban J connectivity index is 1.65. The van der Waals surface area contributed by atoms with Gasteiger partial charge in [-0.1, -0.05) is 63.2 Å². The van der Waals surface area contributed by atoms with E-state index in [1.165, 1.54) is 11.1 Å². The van der Waals surface area contributed by atoms with E-state index < -0.39 is 0 Å². The van der Waals surface area contributed by atoms with Crippen LogP contribution in [0.2, 0.25) is 0 Å². The third-order valence-corrected chi connectivity index (χ3v) is 3.88. The number of nitrogens with zero attached hydrogens (tertiary/aromatic N) is 3. The van der Waals surface area contributed by atoms with E-state index in [2.05, 4.69) is 70.9 Å². The molecule has 0 radical (unpaired) electrons. The van der Waals surface area contributed by atoms with Gasteiger partial charge in [0.2, 0.25) is 5.95 Å². The van der Waals surface area contributed by atoms with E-state index in [4.69, 9.17) is 0 Å². The first-order valence-corrected chi connectivity index (χ1v) is 8.36. The average Bonchev–Trinajstić information content (AvgIpc) is 2.61. The van der Waals surface area contributed by atoms with Crippen LogP contribution < -0.4 is 10.6 Å². The third kappa shape index (κ3) is 4.76. The van der Waals surface area contributed by atoms with Crippen LogP contribution in [0.5, 0.6) is 0 Å². The van der Waals surface area contributed by atoms with Crippen LogP contribution in [-0.4, -0.2) is 15.2 Å². The summed E-state index contributed by atoms with van der Waals surface area (Å²) in [7, 11) is 0. The molecule has 1 heterocycles. The summed E-state index contributed by atoms with van der Waals surface area (Å²) in [6.45, 7) is 7.29. The Hall–Kier alpha value is -2.95. The number of hydrogen-bond donors (Lipinski definition) is 2. The van der Waals surface area contributed by atoms with Crippen LogP contribution in [0.4, 0.5) is 17.5 Å². The number of rotatable bonds is 5. The first kappa shape index (κ1) is 16.9. The largest absolute Gasteiger partial charge is 0.365 e. The molecule has 0 saturated carbocycles. The summed E-state index contributed by atoms with van der Waals surface area (Å²) in [5, 5.41) is 14.5. The molecule has 0 amide bonds. The molecule has 0 bridgehead atoms. The monoisotopic (exact) mass is 333 g/mol. The second kappa shape index (κ2) is 7.30. The van der Waals surface area contributed by atoms with E-state index in [1.54, 1.807) is 6.20 Å². The first-order chi connectivity index (χ1) is 12.0. The fourth-order valence-electron chi connectivity index (χ4n) is 2.41. The molecule has 2 aromatic carbocycles. The molecular formula is C20H23N5. The zero-order valence-corrected chi connectivity index (χ0v) is 14.8. The van der Waals surface area contributed by atoms with Gasteiger partial charge in [-0.3, -0.25) is 0 Å². The molecule has 0 fully saturated rings. The number of anilines is 3. The van der Waals surface area contributed by atoms with Crippen LogP contribution in [0.15, 0.2) is 60.8 Å². The molecule has 5 heteroatoms. The standard InChI is InChI=1S/C20H23N5/c1-20(2,3)16-9-11-17(12-10-16)23-19-24-18(14-22-25-19)21-13-15-7-5-4-6-8-15/h4-12,14H,13H2,1-3H3,(H2,21,23,24,25). The van der Waals surface area contributed by atoms with Crippen molar-refractivity contribution in [2.75, 3.05) is 10.6 Å². The lowest BCUT2D eigenvalue weighted by molar-refractivity contribution is 0.590. The van der Waals surface area contributed by atoms with Crippen molar-refractivity contribution >= 4 is 17.5 Å². The quantitative estimate of drug-likeness (QED) is 0.718. The maximum Gasteiger partial charge on any atom is 0.249 e. The molecule has 5 nitrogen and oxygen atoms in total. The topological polar surface area (TPSA) is 62.7 Å². The van der Waals surface area contributed by atoms with Gasteiger partial charge in [-0.25, -0.2) is 0 Å². The van der Waals surface area contributed by atoms with Crippen molar-refractivity contribution in [3.8, 4) is 0 Å². The first-order valence-electron chi connectivity index (χ1n) is 8.36. The molecular weight excluding hydrogens is 310 g/mol. The number of benzene rings is 2. The lowest BCUT2D eigenvalue weighted by Crippen LogP contribution is -2.10. The van der Waals surface area contributed by atoms with Crippen molar-refractivity contribution in [2.24, 2.45) is 0 Å². The highest BCUT2D eigenvalue weighted by Gasteiger charge is 2.13. The second-order valence-corrected chi connectivity index (χ2v) is 6.96. The summed E-state index contributed by atoms with van der Waals surface area (Å²) in [6, 6.07) is 18.5. The van der Waals surface area contributed by atoms with Crippen LogP contribution in [0.25, 0.3) is 0 Å². The molecule has 3 aromatic rings. The maximum atomic E-state index is 4.46. The fourth-order valence-corrected chi connectivity index (χ4v) is 2.41. The van der Waals surface area contributed by atoms with E-state index in [-0.39, 0.29) is 5.41 Å². The minimum atomic E-state index is 0.137. The average molecular weight is 333 g/mol. The van der Waals surface area contributed by atoms with Crippen molar-refractivity contribution < 1.29 is 0 Å². The molecule has 25 heavy (non-hydrogen) atoms. The van der Waals surface area contributed by atoms with Crippen molar-refractivity contribution in [1.82, 2.24) is 15.2 Å². The predicted molar refractivity (Wildman–Crippen MR) is 102 cm³/mol. The van der Waals surface area contributed by atoms with Gasteiger partial charge in [0.05, 0.1) is 6.20 Å². The summed E-state index contributed by atoms with van der Waals surface area (Å²) in [5.41, 5.74) is 3.55. The summed E-state index contributed by atoms with van der Waals surface area (Å²) >= 11 is 0. The molecule has 0 aliphatic carbocycles. The van der Waals surface area contributed by atoms with Gasteiger partial charge in [0.15, 0.2) is 5.82 Å². The van der Waals surface area contributed by atoms with Gasteiger partial charge in [-0.05, 0) is 28.7 Å². The van der Waals surface area contributed by atoms with Gasteiger partial charge in [-0.15, -0.1) is 5.10 Å². The third-order valence-electron chi connectivity index (χ3n) is 3.88. The minimum Gasteiger partial charge on any atom is -0.365 e. The Morgan fingerprint density at radius 3 is 2.32 bits per heavy atom. The van der Waals surface area contributed by atoms with Crippen LogP contribution >= 0.6 is 0 Å². The predicted octanol–water partition coefficient (Wildman–Crippen LogP) is 4.52. The van der Waals surface area contributed by atoms with Crippen molar-refractivity contribution in [1.29, 1.82) is 0 Å². The fraction of sp³-hybridized carbons (Fsp3) is 0.250. The Morgan fingerprint density at radius 1 is 0.920 bits per heavy atom. The summed E-state index contributed by atoms with van der Waals surface area (Å²) < 4.78 is 0. The molecule has 1 aromatic heterocycles. The van der Waals surface area contributed by atoms with Gasteiger partial charge < -0.3 is 10.6 Å². The maximum absolute atomic E-state index is 4.46. The van der Waals surface area contributed by atoms with Gasteiger partial charge in [0.25, 0.3) is 0 Å². The highest BCUT2D eigenvalue weighted by molar-refractivity contribution is 5.55. The summed E-state index contributed by atoms with van der Waals surface area (Å²) in [4.78, 5) is 4.46. The normalized spacial score (nSPS) is 11.2. The van der Waals surface area contributed by atoms with E-state index in [1.807, 2.05) is 30.3 Å². The molecule has 0 aliphatic heterocycles. The molecule has 2 N–H and O–H groups in total. The highest BCUT2D eigenvalue weighted by Crippen LogP contribution is 2.24. The van der Waals surface area contributed by atoms with Crippen LogP contribution in [0.3, 0.4) is 0 Å². The van der Waals surface area contributed by atoms with Crippen LogP contribution in [0.1, 0.15) is 31.9 Å². The SMILES string of the molecule is CC(C)(C)c1ccc(Nc2nncc(NCc3ccccc3)n2)cc1. The molecule has 0 atom stereocenters. The van der Waals surface area contributed by atoms with Gasteiger partial charge in [-0.2, -0.15) is 10.1 Å². The van der Waals surface area contributed by atoms with E-state index in [0.717, 1.165) is 5.69 Å². The van der Waals surface area contributed by atoms with Crippen LogP contribution in [-0.2, 0) is 12.0 Å². The number of aromatic nitrogens is 3. The lowest BCUT2D eigenvalue weighted by atomic mass is 9.87. The Morgan fingerprint density at radius 2 is 1.64 bits per heavy atom. The highest BCUT2D eigenvalue weighted by atomic mass is 15.3. The molecule has 0 aliphatic rings.